The van der Waals surface area contributed by atoms with Crippen molar-refractivity contribution in [3.8, 4) is 11.5 Å². The fraction of sp³-hybridized carbons (Fsp3) is 0.188. The number of rotatable bonds is 5. The second-order valence-electron chi connectivity index (χ2n) is 4.55. The number of hydrogen-bond acceptors (Lipinski definition) is 3. The van der Waals surface area contributed by atoms with Crippen LogP contribution in [0.5, 0.6) is 11.5 Å². The van der Waals surface area contributed by atoms with Crippen molar-refractivity contribution in [1.82, 2.24) is 0 Å². The molecule has 0 aliphatic heterocycles. The summed E-state index contributed by atoms with van der Waals surface area (Å²) in [7, 11) is 1.56. The number of methoxy groups -OCH3 is 1. The molecule has 0 radical (unpaired) electrons. The lowest BCUT2D eigenvalue weighted by atomic mass is 10.1. The first-order chi connectivity index (χ1) is 9.60. The minimum Gasteiger partial charge on any atom is -0.496 e. The summed E-state index contributed by atoms with van der Waals surface area (Å²) in [6, 6.07) is 13.4. The van der Waals surface area contributed by atoms with E-state index in [2.05, 4.69) is 0 Å². The maximum Gasteiger partial charge on any atom is 0.129 e. The molecule has 0 atom stereocenters. The van der Waals surface area contributed by atoms with Gasteiger partial charge in [-0.05, 0) is 42.3 Å². The number of nitrogen functional groups attached to an aromatic ring is 1. The van der Waals surface area contributed by atoms with Crippen molar-refractivity contribution in [2.75, 3.05) is 7.11 Å². The summed E-state index contributed by atoms with van der Waals surface area (Å²) in [6.45, 7) is 2.45. The molecular formula is C16H18N2O2. The van der Waals surface area contributed by atoms with Gasteiger partial charge in [0, 0.05) is 0 Å². The largest absolute Gasteiger partial charge is 0.496 e. The summed E-state index contributed by atoms with van der Waals surface area (Å²) in [5.74, 6) is 1.40. The summed E-state index contributed by atoms with van der Waals surface area (Å²) in [5.41, 5.74) is 8.23. The maximum absolute atomic E-state index is 7.56. The highest BCUT2D eigenvalue weighted by atomic mass is 16.5. The van der Waals surface area contributed by atoms with Gasteiger partial charge in [0.2, 0.25) is 0 Å². The van der Waals surface area contributed by atoms with E-state index >= 15 is 0 Å². The zero-order valence-electron chi connectivity index (χ0n) is 11.6. The molecule has 0 aromatic heterocycles. The molecule has 0 saturated carbocycles. The van der Waals surface area contributed by atoms with Gasteiger partial charge in [0.05, 0.1) is 12.7 Å². The molecule has 2 aromatic rings. The number of amidine groups is 1. The minimum absolute atomic E-state index is 0.0146. The summed E-state index contributed by atoms with van der Waals surface area (Å²) in [6.07, 6.45) is 0. The molecule has 0 fully saturated rings. The van der Waals surface area contributed by atoms with Crippen LogP contribution in [0.4, 0.5) is 0 Å². The van der Waals surface area contributed by atoms with Crippen molar-refractivity contribution < 1.29 is 9.47 Å². The lowest BCUT2D eigenvalue weighted by Gasteiger charge is -2.11. The number of benzene rings is 2. The molecule has 4 nitrogen and oxygen atoms in total. The lowest BCUT2D eigenvalue weighted by molar-refractivity contribution is 0.305. The Morgan fingerprint density at radius 3 is 2.65 bits per heavy atom. The van der Waals surface area contributed by atoms with Gasteiger partial charge >= 0.3 is 0 Å². The van der Waals surface area contributed by atoms with E-state index in [1.54, 1.807) is 13.2 Å². The summed E-state index contributed by atoms with van der Waals surface area (Å²) >= 11 is 0. The molecule has 0 spiro atoms. The predicted octanol–water partition coefficient (Wildman–Crippen LogP) is 2.87. The van der Waals surface area contributed by atoms with Gasteiger partial charge in [-0.2, -0.15) is 0 Å². The first-order valence-corrected chi connectivity index (χ1v) is 6.31. The van der Waals surface area contributed by atoms with E-state index in [1.807, 2.05) is 43.3 Å². The Bertz CT molecular complexity index is 624. The zero-order chi connectivity index (χ0) is 14.5. The molecule has 0 unspecified atom stereocenters. The van der Waals surface area contributed by atoms with E-state index in [0.29, 0.717) is 17.9 Å². The van der Waals surface area contributed by atoms with Crippen molar-refractivity contribution in [2.24, 2.45) is 5.73 Å². The van der Waals surface area contributed by atoms with Crippen LogP contribution < -0.4 is 15.2 Å². The molecule has 4 heteroatoms. The predicted molar refractivity (Wildman–Crippen MR) is 79.5 cm³/mol. The van der Waals surface area contributed by atoms with Crippen molar-refractivity contribution in [3.05, 3.63) is 59.2 Å². The number of hydrogen-bond donors (Lipinski definition) is 2. The molecule has 104 valence electrons. The fourth-order valence-corrected chi connectivity index (χ4v) is 1.93. The number of aryl methyl sites for hydroxylation is 1. The summed E-state index contributed by atoms with van der Waals surface area (Å²) in [4.78, 5) is 0. The first-order valence-electron chi connectivity index (χ1n) is 6.31. The number of nitrogens with two attached hydrogens (primary N) is 1. The molecule has 0 aliphatic carbocycles. The quantitative estimate of drug-likeness (QED) is 0.648. The summed E-state index contributed by atoms with van der Waals surface area (Å²) < 4.78 is 10.9. The van der Waals surface area contributed by atoms with Gasteiger partial charge in [-0.25, -0.2) is 0 Å². The van der Waals surface area contributed by atoms with E-state index in [-0.39, 0.29) is 5.84 Å². The SMILES string of the molecule is COc1ccc(COc2cccc(C)c2)cc1C(=N)N. The highest BCUT2D eigenvalue weighted by molar-refractivity contribution is 5.97. The van der Waals surface area contributed by atoms with E-state index in [1.165, 1.54) is 0 Å². The topological polar surface area (TPSA) is 68.3 Å². The highest BCUT2D eigenvalue weighted by Gasteiger charge is 2.07. The van der Waals surface area contributed by atoms with Crippen LogP contribution in [0.25, 0.3) is 0 Å². The number of nitrogens with one attached hydrogen (secondary N) is 1. The third kappa shape index (κ3) is 3.29. The van der Waals surface area contributed by atoms with Gasteiger partial charge in [-0.3, -0.25) is 5.41 Å². The Balaban J connectivity index is 2.14. The van der Waals surface area contributed by atoms with Crippen LogP contribution in [0.1, 0.15) is 16.7 Å². The van der Waals surface area contributed by atoms with Crippen molar-refractivity contribution in [1.29, 1.82) is 5.41 Å². The van der Waals surface area contributed by atoms with E-state index < -0.39 is 0 Å². The van der Waals surface area contributed by atoms with Gasteiger partial charge in [0.25, 0.3) is 0 Å². The van der Waals surface area contributed by atoms with E-state index in [9.17, 15) is 0 Å². The van der Waals surface area contributed by atoms with Gasteiger partial charge in [0.1, 0.15) is 23.9 Å². The molecule has 0 amide bonds. The lowest BCUT2D eigenvalue weighted by Crippen LogP contribution is -2.13. The van der Waals surface area contributed by atoms with Crippen LogP contribution in [-0.4, -0.2) is 12.9 Å². The monoisotopic (exact) mass is 270 g/mol. The fourth-order valence-electron chi connectivity index (χ4n) is 1.93. The molecular weight excluding hydrogens is 252 g/mol. The smallest absolute Gasteiger partial charge is 0.129 e. The van der Waals surface area contributed by atoms with Crippen molar-refractivity contribution in [3.63, 3.8) is 0 Å². The minimum atomic E-state index is -0.0146. The molecule has 20 heavy (non-hydrogen) atoms. The molecule has 0 bridgehead atoms. The van der Waals surface area contributed by atoms with Gasteiger partial charge < -0.3 is 15.2 Å². The zero-order valence-corrected chi connectivity index (χ0v) is 11.6. The average molecular weight is 270 g/mol. The van der Waals surface area contributed by atoms with Crippen LogP contribution in [0.2, 0.25) is 0 Å². The van der Waals surface area contributed by atoms with Crippen molar-refractivity contribution >= 4 is 5.84 Å². The Labute approximate surface area is 118 Å². The van der Waals surface area contributed by atoms with Gasteiger partial charge in [0.15, 0.2) is 0 Å². The number of ether oxygens (including phenoxy) is 2. The van der Waals surface area contributed by atoms with Gasteiger partial charge in [-0.1, -0.05) is 18.2 Å². The van der Waals surface area contributed by atoms with Crippen LogP contribution in [-0.2, 0) is 6.61 Å². The second-order valence-corrected chi connectivity index (χ2v) is 4.55. The van der Waals surface area contributed by atoms with Crippen LogP contribution in [0.15, 0.2) is 42.5 Å². The first kappa shape index (κ1) is 13.9. The molecule has 0 saturated heterocycles. The van der Waals surface area contributed by atoms with Crippen LogP contribution in [0, 0.1) is 12.3 Å². The highest BCUT2D eigenvalue weighted by Crippen LogP contribution is 2.21. The Morgan fingerprint density at radius 1 is 1.20 bits per heavy atom. The Kier molecular flexibility index (Phi) is 4.25. The molecule has 2 aromatic carbocycles. The van der Waals surface area contributed by atoms with Crippen LogP contribution >= 0.6 is 0 Å². The second kappa shape index (κ2) is 6.10. The van der Waals surface area contributed by atoms with Gasteiger partial charge in [-0.15, -0.1) is 0 Å². The molecule has 3 N–H and O–H groups in total. The normalized spacial score (nSPS) is 10.1. The summed E-state index contributed by atoms with van der Waals surface area (Å²) in [5, 5.41) is 7.56. The van der Waals surface area contributed by atoms with E-state index in [4.69, 9.17) is 20.6 Å². The molecule has 2 rings (SSSR count). The third-order valence-electron chi connectivity index (χ3n) is 2.95. The van der Waals surface area contributed by atoms with Crippen molar-refractivity contribution in [2.45, 2.75) is 13.5 Å². The third-order valence-corrected chi connectivity index (χ3v) is 2.95. The standard InChI is InChI=1S/C16H18N2O2/c1-11-4-3-5-13(8-11)20-10-12-6-7-15(19-2)14(9-12)16(17)18/h3-9H,10H2,1-2H3,(H3,17,18). The maximum atomic E-state index is 7.56. The van der Waals surface area contributed by atoms with Crippen LogP contribution in [0.3, 0.4) is 0 Å². The average Bonchev–Trinajstić information content (AvgIpc) is 2.45. The molecule has 0 heterocycles. The Hall–Kier alpha value is -2.49. The van der Waals surface area contributed by atoms with E-state index in [0.717, 1.165) is 16.9 Å². The molecule has 0 aliphatic rings. The Morgan fingerprint density at radius 2 is 2.00 bits per heavy atom.